The molecular formula is C10H18N4S. The Balaban J connectivity index is 2.28. The predicted octanol–water partition coefficient (Wildman–Crippen LogP) is 1.80. The van der Waals surface area contributed by atoms with Gasteiger partial charge in [-0.05, 0) is 37.0 Å². The van der Waals surface area contributed by atoms with Crippen molar-refractivity contribution in [3.05, 3.63) is 12.1 Å². The number of nitrogen functional groups attached to an aromatic ring is 2. The van der Waals surface area contributed by atoms with Gasteiger partial charge in [-0.2, -0.15) is 11.8 Å². The molecule has 15 heavy (non-hydrogen) atoms. The van der Waals surface area contributed by atoms with Crippen LogP contribution in [0.1, 0.15) is 12.8 Å². The van der Waals surface area contributed by atoms with Crippen LogP contribution in [-0.4, -0.2) is 23.5 Å². The Kier molecular flexibility index (Phi) is 5.10. The Morgan fingerprint density at radius 3 is 2.80 bits per heavy atom. The molecule has 5 N–H and O–H groups in total. The van der Waals surface area contributed by atoms with Gasteiger partial charge in [-0.25, -0.2) is 4.98 Å². The predicted molar refractivity (Wildman–Crippen MR) is 69.2 cm³/mol. The molecule has 1 aromatic heterocycles. The third-order valence-electron chi connectivity index (χ3n) is 2.04. The van der Waals surface area contributed by atoms with Crippen LogP contribution in [0.25, 0.3) is 0 Å². The summed E-state index contributed by atoms with van der Waals surface area (Å²) in [5, 5.41) is 3.22. The zero-order chi connectivity index (χ0) is 11.1. The molecular weight excluding hydrogens is 208 g/mol. The van der Waals surface area contributed by atoms with Crippen LogP contribution in [0.15, 0.2) is 12.1 Å². The number of pyridine rings is 1. The molecule has 5 heteroatoms. The zero-order valence-electron chi connectivity index (χ0n) is 8.99. The van der Waals surface area contributed by atoms with Gasteiger partial charge in [-0.1, -0.05) is 0 Å². The summed E-state index contributed by atoms with van der Waals surface area (Å²) in [4.78, 5) is 4.13. The lowest BCUT2D eigenvalue weighted by Gasteiger charge is -2.06. The highest BCUT2D eigenvalue weighted by atomic mass is 32.2. The van der Waals surface area contributed by atoms with Gasteiger partial charge in [0.05, 0.1) is 5.69 Å². The Bertz CT molecular complexity index is 303. The Hall–Kier alpha value is -1.10. The number of unbranched alkanes of at least 4 members (excludes halogenated alkanes) is 1. The molecule has 0 saturated heterocycles. The van der Waals surface area contributed by atoms with Crippen LogP contribution >= 0.6 is 11.8 Å². The summed E-state index contributed by atoms with van der Waals surface area (Å²) in [6, 6.07) is 3.62. The molecule has 1 aromatic rings. The molecule has 4 nitrogen and oxygen atoms in total. The Morgan fingerprint density at radius 1 is 1.33 bits per heavy atom. The first-order valence-corrected chi connectivity index (χ1v) is 6.38. The summed E-state index contributed by atoms with van der Waals surface area (Å²) in [6.45, 7) is 0.927. The first kappa shape index (κ1) is 12.0. The van der Waals surface area contributed by atoms with E-state index in [2.05, 4.69) is 16.6 Å². The van der Waals surface area contributed by atoms with Crippen molar-refractivity contribution in [1.29, 1.82) is 0 Å². The second-order valence-electron chi connectivity index (χ2n) is 3.30. The molecule has 1 rings (SSSR count). The number of nitrogens with zero attached hydrogens (tertiary/aromatic N) is 1. The van der Waals surface area contributed by atoms with Gasteiger partial charge in [0.25, 0.3) is 0 Å². The maximum absolute atomic E-state index is 5.59. The molecule has 0 saturated carbocycles. The smallest absolute Gasteiger partial charge is 0.149 e. The highest BCUT2D eigenvalue weighted by molar-refractivity contribution is 7.98. The SMILES string of the molecule is CSCCCCNc1ccc(N)c(N)n1. The molecule has 0 atom stereocenters. The minimum Gasteiger partial charge on any atom is -0.396 e. The molecule has 0 aromatic carbocycles. The van der Waals surface area contributed by atoms with Crippen LogP contribution in [0, 0.1) is 0 Å². The van der Waals surface area contributed by atoms with E-state index in [0.717, 1.165) is 18.8 Å². The average Bonchev–Trinajstić information content (AvgIpc) is 2.23. The van der Waals surface area contributed by atoms with Crippen molar-refractivity contribution in [2.75, 3.05) is 35.3 Å². The van der Waals surface area contributed by atoms with Crippen molar-refractivity contribution in [2.45, 2.75) is 12.8 Å². The first-order valence-electron chi connectivity index (χ1n) is 4.99. The minimum atomic E-state index is 0.393. The normalized spacial score (nSPS) is 10.2. The number of nitrogens with two attached hydrogens (primary N) is 2. The van der Waals surface area contributed by atoms with E-state index in [1.54, 1.807) is 6.07 Å². The molecule has 0 fully saturated rings. The highest BCUT2D eigenvalue weighted by Gasteiger charge is 1.97. The van der Waals surface area contributed by atoms with Crippen LogP contribution in [0.5, 0.6) is 0 Å². The summed E-state index contributed by atoms with van der Waals surface area (Å²) in [5.74, 6) is 2.40. The highest BCUT2D eigenvalue weighted by Crippen LogP contribution is 2.14. The zero-order valence-corrected chi connectivity index (χ0v) is 9.81. The molecule has 0 aliphatic carbocycles. The molecule has 84 valence electrons. The fourth-order valence-electron chi connectivity index (χ4n) is 1.17. The summed E-state index contributed by atoms with van der Waals surface area (Å²) in [7, 11) is 0. The minimum absolute atomic E-state index is 0.393. The van der Waals surface area contributed by atoms with Crippen LogP contribution in [0.4, 0.5) is 17.3 Å². The molecule has 0 radical (unpaired) electrons. The molecule has 0 bridgehead atoms. The quantitative estimate of drug-likeness (QED) is 0.645. The largest absolute Gasteiger partial charge is 0.396 e. The summed E-state index contributed by atoms with van der Waals surface area (Å²) in [5.41, 5.74) is 11.7. The van der Waals surface area contributed by atoms with Gasteiger partial charge >= 0.3 is 0 Å². The topological polar surface area (TPSA) is 77.0 Å². The lowest BCUT2D eigenvalue weighted by Crippen LogP contribution is -2.06. The Labute approximate surface area is 94.8 Å². The third kappa shape index (κ3) is 4.29. The summed E-state index contributed by atoms with van der Waals surface area (Å²) in [6.07, 6.45) is 4.49. The maximum Gasteiger partial charge on any atom is 0.149 e. The number of thioether (sulfide) groups is 1. The second kappa shape index (κ2) is 6.40. The molecule has 0 aliphatic rings. The fraction of sp³-hybridized carbons (Fsp3) is 0.500. The number of hydrogen-bond acceptors (Lipinski definition) is 5. The lowest BCUT2D eigenvalue weighted by molar-refractivity contribution is 0.840. The first-order chi connectivity index (χ1) is 7.24. The van der Waals surface area contributed by atoms with Crippen molar-refractivity contribution in [1.82, 2.24) is 4.98 Å². The van der Waals surface area contributed by atoms with Crippen molar-refractivity contribution in [3.63, 3.8) is 0 Å². The van der Waals surface area contributed by atoms with Crippen molar-refractivity contribution >= 4 is 29.1 Å². The van der Waals surface area contributed by atoms with Crippen LogP contribution in [0.2, 0.25) is 0 Å². The lowest BCUT2D eigenvalue weighted by atomic mass is 10.3. The van der Waals surface area contributed by atoms with Crippen LogP contribution in [0.3, 0.4) is 0 Å². The molecule has 0 amide bonds. The summed E-state index contributed by atoms with van der Waals surface area (Å²) >= 11 is 1.87. The molecule has 0 aliphatic heterocycles. The second-order valence-corrected chi connectivity index (χ2v) is 4.28. The maximum atomic E-state index is 5.59. The van der Waals surface area contributed by atoms with E-state index in [9.17, 15) is 0 Å². The fourth-order valence-corrected chi connectivity index (χ4v) is 1.66. The molecule has 1 heterocycles. The van der Waals surface area contributed by atoms with E-state index in [0.29, 0.717) is 11.5 Å². The van der Waals surface area contributed by atoms with Gasteiger partial charge in [0, 0.05) is 6.54 Å². The van der Waals surface area contributed by atoms with Gasteiger partial charge in [0.15, 0.2) is 0 Å². The summed E-state index contributed by atoms with van der Waals surface area (Å²) < 4.78 is 0. The molecule has 0 spiro atoms. The number of hydrogen-bond donors (Lipinski definition) is 3. The standard InChI is InChI=1S/C10H18N4S/c1-15-7-3-2-6-13-9-5-4-8(11)10(12)14-9/h4-5H,2-3,6-7,11H2,1H3,(H3,12,13,14). The van der Waals surface area contributed by atoms with Gasteiger partial charge in [-0.15, -0.1) is 0 Å². The third-order valence-corrected chi connectivity index (χ3v) is 2.74. The van der Waals surface area contributed by atoms with Crippen molar-refractivity contribution in [3.8, 4) is 0 Å². The Morgan fingerprint density at radius 2 is 2.13 bits per heavy atom. The molecule has 0 unspecified atom stereocenters. The van der Waals surface area contributed by atoms with Gasteiger partial charge in [0.2, 0.25) is 0 Å². The number of rotatable bonds is 6. The number of anilines is 3. The van der Waals surface area contributed by atoms with E-state index >= 15 is 0 Å². The van der Waals surface area contributed by atoms with E-state index in [-0.39, 0.29) is 0 Å². The van der Waals surface area contributed by atoms with Gasteiger partial charge in [0.1, 0.15) is 11.6 Å². The average molecular weight is 226 g/mol. The van der Waals surface area contributed by atoms with E-state index < -0.39 is 0 Å². The monoisotopic (exact) mass is 226 g/mol. The van der Waals surface area contributed by atoms with E-state index in [1.807, 2.05) is 17.8 Å². The van der Waals surface area contributed by atoms with Crippen molar-refractivity contribution in [2.24, 2.45) is 0 Å². The van der Waals surface area contributed by atoms with Crippen LogP contribution < -0.4 is 16.8 Å². The van der Waals surface area contributed by atoms with Crippen LogP contribution in [-0.2, 0) is 0 Å². The van der Waals surface area contributed by atoms with Gasteiger partial charge < -0.3 is 16.8 Å². The van der Waals surface area contributed by atoms with E-state index in [4.69, 9.17) is 11.5 Å². The van der Waals surface area contributed by atoms with Crippen molar-refractivity contribution < 1.29 is 0 Å². The number of nitrogens with one attached hydrogen (secondary N) is 1. The number of aromatic nitrogens is 1. The van der Waals surface area contributed by atoms with E-state index in [1.165, 1.54) is 12.2 Å². The van der Waals surface area contributed by atoms with Gasteiger partial charge in [-0.3, -0.25) is 0 Å².